The third-order valence-corrected chi connectivity index (χ3v) is 6.90. The predicted octanol–water partition coefficient (Wildman–Crippen LogP) is 5.83. The molecule has 0 bridgehead atoms. The van der Waals surface area contributed by atoms with Gasteiger partial charge in [-0.15, -0.1) is 0 Å². The second-order valence-electron chi connectivity index (χ2n) is 8.70. The summed E-state index contributed by atoms with van der Waals surface area (Å²) >= 11 is 12.1. The Balaban J connectivity index is 1.32. The molecular formula is C29H14Cl2N2O5. The monoisotopic (exact) mass is 540 g/mol. The molecule has 0 saturated heterocycles. The Morgan fingerprint density at radius 1 is 0.500 bits per heavy atom. The predicted molar refractivity (Wildman–Crippen MR) is 142 cm³/mol. The van der Waals surface area contributed by atoms with E-state index in [9.17, 15) is 24.0 Å². The molecule has 2 aliphatic heterocycles. The number of anilines is 2. The number of ketones is 1. The van der Waals surface area contributed by atoms with Crippen LogP contribution in [0.2, 0.25) is 10.0 Å². The maximum atomic E-state index is 13.4. The second-order valence-corrected chi connectivity index (χ2v) is 9.57. The molecule has 38 heavy (non-hydrogen) atoms. The summed E-state index contributed by atoms with van der Waals surface area (Å²) < 4.78 is 0. The Bertz CT molecular complexity index is 1640. The van der Waals surface area contributed by atoms with Crippen LogP contribution in [0.15, 0.2) is 84.9 Å². The van der Waals surface area contributed by atoms with Crippen LogP contribution in [0.1, 0.15) is 57.4 Å². The number of nitrogens with zero attached hydrogens (tertiary/aromatic N) is 2. The lowest BCUT2D eigenvalue weighted by molar-refractivity contribution is 0.0910. The van der Waals surface area contributed by atoms with E-state index in [1.165, 1.54) is 48.5 Å². The zero-order valence-electron chi connectivity index (χ0n) is 19.3. The fourth-order valence-corrected chi connectivity index (χ4v) is 5.00. The third kappa shape index (κ3) is 3.63. The molecule has 2 heterocycles. The average molecular weight is 541 g/mol. The van der Waals surface area contributed by atoms with Gasteiger partial charge in [-0.3, -0.25) is 24.0 Å². The van der Waals surface area contributed by atoms with Crippen molar-refractivity contribution in [1.29, 1.82) is 0 Å². The first-order valence-electron chi connectivity index (χ1n) is 11.4. The number of hydrogen-bond donors (Lipinski definition) is 0. The number of fused-ring (bicyclic) bond motifs is 2. The number of rotatable bonds is 4. The minimum atomic E-state index is -0.575. The minimum absolute atomic E-state index is 0.0837. The largest absolute Gasteiger partial charge is 0.289 e. The first-order valence-corrected chi connectivity index (χ1v) is 12.1. The summed E-state index contributed by atoms with van der Waals surface area (Å²) in [5.74, 6) is -2.66. The maximum Gasteiger partial charge on any atom is 0.266 e. The lowest BCUT2D eigenvalue weighted by Crippen LogP contribution is -2.29. The van der Waals surface area contributed by atoms with Crippen LogP contribution in [0.3, 0.4) is 0 Å². The van der Waals surface area contributed by atoms with Crippen molar-refractivity contribution in [3.63, 3.8) is 0 Å². The fourth-order valence-electron chi connectivity index (χ4n) is 4.63. The van der Waals surface area contributed by atoms with Gasteiger partial charge in [-0.25, -0.2) is 9.80 Å². The Morgan fingerprint density at radius 2 is 0.895 bits per heavy atom. The van der Waals surface area contributed by atoms with Crippen LogP contribution in [0.4, 0.5) is 11.4 Å². The summed E-state index contributed by atoms with van der Waals surface area (Å²) in [6.07, 6.45) is 0. The fraction of sp³-hybridized carbons (Fsp3) is 0. The van der Waals surface area contributed by atoms with Gasteiger partial charge in [0.05, 0.1) is 33.6 Å². The topological polar surface area (TPSA) is 91.8 Å². The van der Waals surface area contributed by atoms with Gasteiger partial charge >= 0.3 is 0 Å². The normalized spacial score (nSPS) is 14.3. The Morgan fingerprint density at radius 3 is 1.29 bits per heavy atom. The molecule has 4 aromatic carbocycles. The summed E-state index contributed by atoms with van der Waals surface area (Å²) in [6, 6.07) is 21.2. The summed E-state index contributed by atoms with van der Waals surface area (Å²) in [6.45, 7) is 0. The second kappa shape index (κ2) is 8.76. The number of amides is 4. The van der Waals surface area contributed by atoms with Gasteiger partial charge in [0.2, 0.25) is 0 Å². The van der Waals surface area contributed by atoms with Crippen molar-refractivity contribution >= 4 is 64.0 Å². The molecule has 0 spiro atoms. The van der Waals surface area contributed by atoms with Crippen molar-refractivity contribution in [3.8, 4) is 0 Å². The van der Waals surface area contributed by atoms with Crippen molar-refractivity contribution in [2.24, 2.45) is 0 Å². The van der Waals surface area contributed by atoms with E-state index in [0.717, 1.165) is 9.80 Å². The summed E-state index contributed by atoms with van der Waals surface area (Å²) in [7, 11) is 0. The number of benzene rings is 4. The molecule has 4 amide bonds. The lowest BCUT2D eigenvalue weighted by Gasteiger charge is -2.13. The van der Waals surface area contributed by atoms with Gasteiger partial charge in [0, 0.05) is 21.2 Å². The first kappa shape index (κ1) is 23.8. The zero-order valence-corrected chi connectivity index (χ0v) is 20.8. The van der Waals surface area contributed by atoms with E-state index in [0.29, 0.717) is 21.4 Å². The molecule has 0 aromatic heterocycles. The van der Waals surface area contributed by atoms with Crippen molar-refractivity contribution < 1.29 is 24.0 Å². The molecule has 9 heteroatoms. The summed E-state index contributed by atoms with van der Waals surface area (Å²) in [5, 5.41) is 0.738. The summed E-state index contributed by atoms with van der Waals surface area (Å²) in [4.78, 5) is 67.5. The Labute approximate surface area is 225 Å². The van der Waals surface area contributed by atoms with Gasteiger partial charge in [-0.1, -0.05) is 47.5 Å². The van der Waals surface area contributed by atoms with E-state index in [1.807, 2.05) is 0 Å². The van der Waals surface area contributed by atoms with Crippen LogP contribution in [0.25, 0.3) is 0 Å². The van der Waals surface area contributed by atoms with Crippen LogP contribution < -0.4 is 9.80 Å². The minimum Gasteiger partial charge on any atom is -0.289 e. The van der Waals surface area contributed by atoms with Crippen LogP contribution in [0, 0.1) is 0 Å². The van der Waals surface area contributed by atoms with E-state index in [1.54, 1.807) is 36.4 Å². The number of carbonyl (C=O) groups is 5. The van der Waals surface area contributed by atoms with Gasteiger partial charge in [0.15, 0.2) is 5.78 Å². The maximum absolute atomic E-state index is 13.4. The molecule has 2 aliphatic rings. The molecule has 0 fully saturated rings. The molecule has 0 unspecified atom stereocenters. The van der Waals surface area contributed by atoms with E-state index >= 15 is 0 Å². The highest BCUT2D eigenvalue weighted by Gasteiger charge is 2.39. The third-order valence-electron chi connectivity index (χ3n) is 6.43. The van der Waals surface area contributed by atoms with Crippen LogP contribution in [-0.4, -0.2) is 29.4 Å². The highest BCUT2D eigenvalue weighted by molar-refractivity contribution is 6.37. The smallest absolute Gasteiger partial charge is 0.266 e. The van der Waals surface area contributed by atoms with Crippen LogP contribution in [0.5, 0.6) is 0 Å². The Kier molecular flexibility index (Phi) is 5.48. The summed E-state index contributed by atoms with van der Waals surface area (Å²) in [5.41, 5.74) is 1.45. The number of carbonyl (C=O) groups excluding carboxylic acids is 5. The molecular weight excluding hydrogens is 527 g/mol. The van der Waals surface area contributed by atoms with Crippen molar-refractivity contribution in [3.05, 3.63) is 128 Å². The number of halogens is 2. The van der Waals surface area contributed by atoms with Crippen molar-refractivity contribution in [2.75, 3.05) is 9.80 Å². The molecule has 0 aliphatic carbocycles. The van der Waals surface area contributed by atoms with E-state index < -0.39 is 29.4 Å². The Hall–Kier alpha value is -4.59. The molecule has 0 N–H and O–H groups in total. The van der Waals surface area contributed by atoms with Gasteiger partial charge in [0.25, 0.3) is 23.6 Å². The number of hydrogen-bond acceptors (Lipinski definition) is 5. The van der Waals surface area contributed by atoms with E-state index in [-0.39, 0.29) is 33.4 Å². The van der Waals surface area contributed by atoms with Crippen LogP contribution >= 0.6 is 23.2 Å². The van der Waals surface area contributed by atoms with Crippen LogP contribution in [-0.2, 0) is 0 Å². The molecule has 0 saturated carbocycles. The molecule has 6 rings (SSSR count). The van der Waals surface area contributed by atoms with E-state index in [4.69, 9.17) is 23.2 Å². The zero-order chi connectivity index (χ0) is 26.7. The lowest BCUT2D eigenvalue weighted by atomic mass is 9.96. The quantitative estimate of drug-likeness (QED) is 0.240. The highest BCUT2D eigenvalue weighted by atomic mass is 35.5. The highest BCUT2D eigenvalue weighted by Crippen LogP contribution is 2.33. The van der Waals surface area contributed by atoms with Gasteiger partial charge in [-0.05, 0) is 60.7 Å². The van der Waals surface area contributed by atoms with E-state index in [2.05, 4.69) is 0 Å². The number of imide groups is 2. The SMILES string of the molecule is O=C(c1ccc2c(c1)C(=O)N(c1cccc(Cl)c1)C2=O)c1ccc2c(c1)C(=O)N(c1cccc(Cl)c1)C2=O. The molecule has 7 nitrogen and oxygen atoms in total. The molecule has 0 atom stereocenters. The van der Waals surface area contributed by atoms with Crippen molar-refractivity contribution in [2.45, 2.75) is 0 Å². The molecule has 4 aromatic rings. The van der Waals surface area contributed by atoms with Crippen molar-refractivity contribution in [1.82, 2.24) is 0 Å². The standard InChI is InChI=1S/C29H14Cl2N2O5/c30-17-3-1-5-19(13-17)32-26(35)21-9-7-15(11-23(21)28(32)37)25(34)16-8-10-22-24(12-16)29(38)33(27(22)36)20-6-2-4-18(31)14-20/h1-14H. The van der Waals surface area contributed by atoms with Gasteiger partial charge in [-0.2, -0.15) is 0 Å². The first-order chi connectivity index (χ1) is 18.2. The molecule has 0 radical (unpaired) electrons. The molecule has 184 valence electrons. The van der Waals surface area contributed by atoms with Gasteiger partial charge < -0.3 is 0 Å². The van der Waals surface area contributed by atoms with Gasteiger partial charge in [0.1, 0.15) is 0 Å². The average Bonchev–Trinajstić information content (AvgIpc) is 3.31.